The largest absolute Gasteiger partial charge is 0.465 e. The quantitative estimate of drug-likeness (QED) is 0.678. The van der Waals surface area contributed by atoms with Gasteiger partial charge < -0.3 is 9.15 Å². The van der Waals surface area contributed by atoms with Gasteiger partial charge in [0.25, 0.3) is 0 Å². The van der Waals surface area contributed by atoms with Crippen LogP contribution in [0.3, 0.4) is 0 Å². The molecule has 20 heavy (non-hydrogen) atoms. The summed E-state index contributed by atoms with van der Waals surface area (Å²) in [4.78, 5) is 23.9. The maximum atomic E-state index is 12.1. The van der Waals surface area contributed by atoms with Crippen molar-refractivity contribution in [1.82, 2.24) is 0 Å². The van der Waals surface area contributed by atoms with Gasteiger partial charge in [-0.05, 0) is 0 Å². The third kappa shape index (κ3) is 2.12. The molecule has 0 aliphatic carbocycles. The first-order valence-corrected chi connectivity index (χ1v) is 6.72. The number of carbonyl (C=O) groups excluding carboxylic acids is 1. The second-order valence-corrected chi connectivity index (χ2v) is 5.19. The summed E-state index contributed by atoms with van der Waals surface area (Å²) in [7, 11) is 1.30. The van der Waals surface area contributed by atoms with Gasteiger partial charge in [0.1, 0.15) is 20.9 Å². The first-order chi connectivity index (χ1) is 9.69. The number of hydrogen-bond acceptors (Lipinski definition) is 5. The van der Waals surface area contributed by atoms with Crippen LogP contribution in [0.1, 0.15) is 9.67 Å². The molecule has 0 spiro atoms. The van der Waals surface area contributed by atoms with Gasteiger partial charge in [-0.25, -0.2) is 4.79 Å². The predicted octanol–water partition coefficient (Wildman–Crippen LogP) is 3.31. The van der Waals surface area contributed by atoms with Crippen molar-refractivity contribution in [3.8, 4) is 11.3 Å². The van der Waals surface area contributed by atoms with Crippen molar-refractivity contribution in [2.24, 2.45) is 0 Å². The Morgan fingerprint density at radius 1 is 1.20 bits per heavy atom. The number of benzene rings is 1. The van der Waals surface area contributed by atoms with E-state index in [1.165, 1.54) is 13.2 Å². The fourth-order valence-corrected chi connectivity index (χ4v) is 2.81. The molecule has 0 bridgehead atoms. The van der Waals surface area contributed by atoms with E-state index >= 15 is 0 Å². The van der Waals surface area contributed by atoms with E-state index in [0.29, 0.717) is 20.9 Å². The third-order valence-electron chi connectivity index (χ3n) is 2.85. The Balaban J connectivity index is 2.19. The van der Waals surface area contributed by atoms with Gasteiger partial charge in [0, 0.05) is 17.7 Å². The molecule has 1 aromatic carbocycles. The maximum absolute atomic E-state index is 12.1. The van der Waals surface area contributed by atoms with Crippen LogP contribution >= 0.6 is 11.3 Å². The van der Waals surface area contributed by atoms with E-state index in [2.05, 4.69) is 4.74 Å². The fourth-order valence-electron chi connectivity index (χ4n) is 1.90. The van der Waals surface area contributed by atoms with Crippen LogP contribution in [-0.4, -0.2) is 13.1 Å². The van der Waals surface area contributed by atoms with Crippen LogP contribution in [0, 0.1) is 0 Å². The second-order valence-electron chi connectivity index (χ2n) is 4.14. The molecule has 0 unspecified atom stereocenters. The molecular formula is C15H10O4S. The monoisotopic (exact) mass is 286 g/mol. The smallest absolute Gasteiger partial charge is 0.348 e. The summed E-state index contributed by atoms with van der Waals surface area (Å²) < 4.78 is 10.8. The van der Waals surface area contributed by atoms with E-state index in [-0.39, 0.29) is 5.43 Å². The molecular weight excluding hydrogens is 276 g/mol. The Bertz CT molecular complexity index is 830. The molecule has 0 saturated carbocycles. The molecule has 3 aromatic rings. The lowest BCUT2D eigenvalue weighted by molar-refractivity contribution is 0.0606. The number of esters is 1. The number of fused-ring (bicyclic) bond motifs is 1. The highest BCUT2D eigenvalue weighted by molar-refractivity contribution is 7.20. The van der Waals surface area contributed by atoms with Gasteiger partial charge in [-0.15, -0.1) is 11.3 Å². The van der Waals surface area contributed by atoms with Gasteiger partial charge in [-0.1, -0.05) is 30.3 Å². The van der Waals surface area contributed by atoms with Gasteiger partial charge in [-0.3, -0.25) is 4.79 Å². The van der Waals surface area contributed by atoms with Crippen molar-refractivity contribution >= 4 is 27.6 Å². The summed E-state index contributed by atoms with van der Waals surface area (Å²) in [5.74, 6) is 0.0133. The van der Waals surface area contributed by atoms with E-state index in [1.807, 2.05) is 30.3 Å². The minimum absolute atomic E-state index is 0.162. The van der Waals surface area contributed by atoms with Crippen LogP contribution in [0.15, 0.2) is 51.7 Å². The molecule has 0 atom stereocenters. The fraction of sp³-hybridized carbons (Fsp3) is 0.0667. The molecule has 100 valence electrons. The van der Waals surface area contributed by atoms with Gasteiger partial charge in [0.2, 0.25) is 5.43 Å². The van der Waals surface area contributed by atoms with Crippen molar-refractivity contribution in [1.29, 1.82) is 0 Å². The van der Waals surface area contributed by atoms with Crippen LogP contribution in [0.25, 0.3) is 21.6 Å². The SMILES string of the molecule is COC(=O)c1cc2oc(-c3ccccc3)cc(=O)c2s1. The van der Waals surface area contributed by atoms with E-state index < -0.39 is 5.97 Å². The van der Waals surface area contributed by atoms with E-state index in [1.54, 1.807) is 6.07 Å². The van der Waals surface area contributed by atoms with Crippen molar-refractivity contribution in [2.75, 3.05) is 7.11 Å². The van der Waals surface area contributed by atoms with Crippen molar-refractivity contribution < 1.29 is 13.9 Å². The Hall–Kier alpha value is -2.40. The molecule has 0 N–H and O–H groups in total. The predicted molar refractivity (Wildman–Crippen MR) is 77.1 cm³/mol. The van der Waals surface area contributed by atoms with Gasteiger partial charge >= 0.3 is 5.97 Å². The summed E-state index contributed by atoms with van der Waals surface area (Å²) in [6, 6.07) is 12.3. The van der Waals surface area contributed by atoms with Crippen LogP contribution in [0.2, 0.25) is 0 Å². The topological polar surface area (TPSA) is 56.5 Å². The Labute approximate surface area is 118 Å². The average molecular weight is 286 g/mol. The highest BCUT2D eigenvalue weighted by atomic mass is 32.1. The number of ether oxygens (including phenoxy) is 1. The van der Waals surface area contributed by atoms with Gasteiger partial charge in [-0.2, -0.15) is 0 Å². The Morgan fingerprint density at radius 3 is 2.65 bits per heavy atom. The number of methoxy groups -OCH3 is 1. The summed E-state index contributed by atoms with van der Waals surface area (Å²) in [5, 5.41) is 0. The summed E-state index contributed by atoms with van der Waals surface area (Å²) in [6.07, 6.45) is 0. The number of thiophene rings is 1. The zero-order valence-corrected chi connectivity index (χ0v) is 11.4. The highest BCUT2D eigenvalue weighted by Gasteiger charge is 2.15. The zero-order valence-electron chi connectivity index (χ0n) is 10.6. The van der Waals surface area contributed by atoms with E-state index in [0.717, 1.165) is 16.9 Å². The summed E-state index contributed by atoms with van der Waals surface area (Å²) >= 11 is 1.08. The Kier molecular flexibility index (Phi) is 3.12. The molecule has 2 aromatic heterocycles. The lowest BCUT2D eigenvalue weighted by Gasteiger charge is -1.99. The van der Waals surface area contributed by atoms with Crippen LogP contribution < -0.4 is 5.43 Å². The maximum Gasteiger partial charge on any atom is 0.348 e. The summed E-state index contributed by atoms with van der Waals surface area (Å²) in [6.45, 7) is 0. The van der Waals surface area contributed by atoms with E-state index in [9.17, 15) is 9.59 Å². The molecule has 0 amide bonds. The molecule has 0 saturated heterocycles. The molecule has 2 heterocycles. The van der Waals surface area contributed by atoms with Crippen LogP contribution in [-0.2, 0) is 4.74 Å². The molecule has 0 aliphatic rings. The van der Waals surface area contributed by atoms with Crippen molar-refractivity contribution in [3.05, 3.63) is 57.6 Å². The number of rotatable bonds is 2. The first kappa shape index (κ1) is 12.6. The van der Waals surface area contributed by atoms with Crippen molar-refractivity contribution in [2.45, 2.75) is 0 Å². The molecule has 4 nitrogen and oxygen atoms in total. The average Bonchev–Trinajstić information content (AvgIpc) is 2.92. The normalized spacial score (nSPS) is 10.7. The highest BCUT2D eigenvalue weighted by Crippen LogP contribution is 2.27. The van der Waals surface area contributed by atoms with Crippen LogP contribution in [0.4, 0.5) is 0 Å². The second kappa shape index (κ2) is 4.94. The van der Waals surface area contributed by atoms with Gasteiger partial charge in [0.15, 0.2) is 0 Å². The number of hydrogen-bond donors (Lipinski definition) is 0. The van der Waals surface area contributed by atoms with Gasteiger partial charge in [0.05, 0.1) is 7.11 Å². The molecule has 0 aliphatic heterocycles. The first-order valence-electron chi connectivity index (χ1n) is 5.90. The minimum Gasteiger partial charge on any atom is -0.465 e. The standard InChI is InChI=1S/C15H10O4S/c1-18-15(17)13-8-12-14(20-13)10(16)7-11(19-12)9-5-3-2-4-6-9/h2-8H,1H3. The van der Waals surface area contributed by atoms with Crippen LogP contribution in [0.5, 0.6) is 0 Å². The molecule has 0 radical (unpaired) electrons. The Morgan fingerprint density at radius 2 is 1.95 bits per heavy atom. The summed E-state index contributed by atoms with van der Waals surface area (Å²) in [5.41, 5.74) is 1.06. The minimum atomic E-state index is -0.470. The number of carbonyl (C=O) groups is 1. The molecule has 3 rings (SSSR count). The van der Waals surface area contributed by atoms with Crippen molar-refractivity contribution in [3.63, 3.8) is 0 Å². The molecule has 0 fully saturated rings. The third-order valence-corrected chi connectivity index (χ3v) is 3.96. The molecule has 5 heteroatoms. The zero-order chi connectivity index (χ0) is 14.1. The lowest BCUT2D eigenvalue weighted by Crippen LogP contribution is -1.97. The lowest BCUT2D eigenvalue weighted by atomic mass is 10.1. The van der Waals surface area contributed by atoms with E-state index in [4.69, 9.17) is 4.42 Å².